The summed E-state index contributed by atoms with van der Waals surface area (Å²) in [6.07, 6.45) is -0.547. The van der Waals surface area contributed by atoms with Crippen molar-refractivity contribution in [2.75, 3.05) is 5.88 Å². The first-order valence-electron chi connectivity index (χ1n) is 2.89. The molecule has 0 saturated heterocycles. The molecule has 0 radical (unpaired) electrons. The predicted molar refractivity (Wildman–Crippen MR) is 49.8 cm³/mol. The van der Waals surface area contributed by atoms with Crippen molar-refractivity contribution in [3.63, 3.8) is 0 Å². The van der Waals surface area contributed by atoms with E-state index in [0.717, 1.165) is 10.6 Å². The number of aromatic nitrogens is 1. The standard InChI is InChI=1S/C6H8ClNOS.ClH/c1-4-6(5(9)2-7)10-3-8-4;/h3,5,9H,2H2,1H3;1H. The maximum Gasteiger partial charge on any atom is 0.104 e. The molecular weight excluding hydrogens is 205 g/mol. The molecule has 0 spiro atoms. The normalized spacial score (nSPS) is 12.3. The van der Waals surface area contributed by atoms with Gasteiger partial charge >= 0.3 is 0 Å². The summed E-state index contributed by atoms with van der Waals surface area (Å²) in [7, 11) is 0. The summed E-state index contributed by atoms with van der Waals surface area (Å²) in [6, 6.07) is 0. The van der Waals surface area contributed by atoms with Crippen LogP contribution >= 0.6 is 35.3 Å². The van der Waals surface area contributed by atoms with Crippen molar-refractivity contribution in [1.82, 2.24) is 4.98 Å². The van der Waals surface area contributed by atoms with Crippen molar-refractivity contribution in [3.05, 3.63) is 16.1 Å². The SMILES string of the molecule is Cc1ncsc1C(O)CCl.Cl. The minimum absolute atomic E-state index is 0. The zero-order valence-corrected chi connectivity index (χ0v) is 8.34. The highest BCUT2D eigenvalue weighted by Crippen LogP contribution is 2.21. The van der Waals surface area contributed by atoms with Gasteiger partial charge in [0.25, 0.3) is 0 Å². The number of hydrogen-bond donors (Lipinski definition) is 1. The summed E-state index contributed by atoms with van der Waals surface area (Å²) in [4.78, 5) is 4.86. The molecule has 1 aromatic heterocycles. The lowest BCUT2D eigenvalue weighted by Crippen LogP contribution is -1.97. The second-order valence-electron chi connectivity index (χ2n) is 1.97. The summed E-state index contributed by atoms with van der Waals surface area (Å²) in [5, 5.41) is 9.24. The van der Waals surface area contributed by atoms with Crippen molar-refractivity contribution < 1.29 is 5.11 Å². The van der Waals surface area contributed by atoms with E-state index in [0.29, 0.717) is 0 Å². The van der Waals surface area contributed by atoms with E-state index < -0.39 is 6.10 Å². The fourth-order valence-corrected chi connectivity index (χ4v) is 1.73. The molecule has 1 unspecified atom stereocenters. The van der Waals surface area contributed by atoms with Crippen LogP contribution in [0, 0.1) is 6.92 Å². The lowest BCUT2D eigenvalue weighted by atomic mass is 10.3. The molecule has 0 fully saturated rings. The Balaban J connectivity index is 0.000001000. The number of hydrogen-bond acceptors (Lipinski definition) is 3. The van der Waals surface area contributed by atoms with E-state index in [2.05, 4.69) is 4.98 Å². The molecule has 1 rings (SSSR count). The molecule has 1 aromatic rings. The fraction of sp³-hybridized carbons (Fsp3) is 0.500. The van der Waals surface area contributed by atoms with Gasteiger partial charge < -0.3 is 5.11 Å². The molecule has 1 atom stereocenters. The molecule has 0 aromatic carbocycles. The van der Waals surface area contributed by atoms with Crippen LogP contribution in [0.5, 0.6) is 0 Å². The maximum atomic E-state index is 9.24. The minimum atomic E-state index is -0.547. The zero-order valence-electron chi connectivity index (χ0n) is 5.95. The third-order valence-corrected chi connectivity index (χ3v) is 2.56. The van der Waals surface area contributed by atoms with Crippen LogP contribution in [0.15, 0.2) is 5.51 Å². The van der Waals surface area contributed by atoms with Gasteiger partial charge in [0.15, 0.2) is 0 Å². The molecule has 0 aliphatic rings. The van der Waals surface area contributed by atoms with E-state index in [1.807, 2.05) is 6.92 Å². The third kappa shape index (κ3) is 2.60. The van der Waals surface area contributed by atoms with Crippen LogP contribution in [0.3, 0.4) is 0 Å². The Bertz CT molecular complexity index is 216. The highest BCUT2D eigenvalue weighted by Gasteiger charge is 2.10. The van der Waals surface area contributed by atoms with Gasteiger partial charge in [-0.05, 0) is 6.92 Å². The Morgan fingerprint density at radius 1 is 1.82 bits per heavy atom. The average Bonchev–Trinajstić information content (AvgIpc) is 2.34. The average molecular weight is 214 g/mol. The van der Waals surface area contributed by atoms with Gasteiger partial charge in [-0.15, -0.1) is 35.3 Å². The number of halogens is 2. The highest BCUT2D eigenvalue weighted by atomic mass is 35.5. The smallest absolute Gasteiger partial charge is 0.104 e. The van der Waals surface area contributed by atoms with Crippen LogP contribution in [0.25, 0.3) is 0 Å². The summed E-state index contributed by atoms with van der Waals surface area (Å²) >= 11 is 6.88. The second kappa shape index (κ2) is 4.93. The maximum absolute atomic E-state index is 9.24. The largest absolute Gasteiger partial charge is 0.386 e. The van der Waals surface area contributed by atoms with Crippen LogP contribution in [-0.4, -0.2) is 16.0 Å². The molecule has 0 saturated carbocycles. The van der Waals surface area contributed by atoms with E-state index in [1.165, 1.54) is 11.3 Å². The lowest BCUT2D eigenvalue weighted by molar-refractivity contribution is 0.205. The predicted octanol–water partition coefficient (Wildman–Crippen LogP) is 2.15. The number of nitrogens with zero attached hydrogens (tertiary/aromatic N) is 1. The first-order chi connectivity index (χ1) is 4.75. The molecule has 0 aliphatic carbocycles. The van der Waals surface area contributed by atoms with Crippen molar-refractivity contribution >= 4 is 35.3 Å². The summed E-state index contributed by atoms with van der Waals surface area (Å²) in [5.41, 5.74) is 2.58. The lowest BCUT2D eigenvalue weighted by Gasteiger charge is -2.02. The molecule has 0 bridgehead atoms. The zero-order chi connectivity index (χ0) is 7.56. The Labute approximate surface area is 80.6 Å². The van der Waals surface area contributed by atoms with Crippen LogP contribution in [0.1, 0.15) is 16.7 Å². The summed E-state index contributed by atoms with van der Waals surface area (Å²) in [5.74, 6) is 0.239. The van der Waals surface area contributed by atoms with Crippen molar-refractivity contribution in [3.8, 4) is 0 Å². The Morgan fingerprint density at radius 3 is 2.82 bits per heavy atom. The molecule has 1 heterocycles. The quantitative estimate of drug-likeness (QED) is 0.765. The number of aryl methyl sites for hydroxylation is 1. The van der Waals surface area contributed by atoms with Crippen molar-refractivity contribution in [2.45, 2.75) is 13.0 Å². The van der Waals surface area contributed by atoms with Gasteiger partial charge in [0.2, 0.25) is 0 Å². The molecule has 0 amide bonds. The summed E-state index contributed by atoms with van der Waals surface area (Å²) in [6.45, 7) is 1.86. The highest BCUT2D eigenvalue weighted by molar-refractivity contribution is 7.09. The van der Waals surface area contributed by atoms with Gasteiger partial charge in [-0.25, -0.2) is 4.98 Å². The van der Waals surface area contributed by atoms with Crippen molar-refractivity contribution in [2.24, 2.45) is 0 Å². The number of aliphatic hydroxyl groups is 1. The van der Waals surface area contributed by atoms with E-state index in [4.69, 9.17) is 11.6 Å². The molecule has 1 N–H and O–H groups in total. The van der Waals surface area contributed by atoms with E-state index in [1.54, 1.807) is 5.51 Å². The first kappa shape index (κ1) is 11.2. The van der Waals surface area contributed by atoms with Crippen LogP contribution in [-0.2, 0) is 0 Å². The fourth-order valence-electron chi connectivity index (χ4n) is 0.701. The molecular formula is C6H9Cl2NOS. The molecule has 0 aliphatic heterocycles. The number of alkyl halides is 1. The van der Waals surface area contributed by atoms with E-state index in [-0.39, 0.29) is 18.3 Å². The van der Waals surface area contributed by atoms with Gasteiger partial charge in [0.05, 0.1) is 22.0 Å². The Kier molecular flexibility index (Phi) is 5.01. The van der Waals surface area contributed by atoms with Gasteiger partial charge in [-0.1, -0.05) is 0 Å². The Morgan fingerprint density at radius 2 is 2.45 bits per heavy atom. The van der Waals surface area contributed by atoms with E-state index >= 15 is 0 Å². The van der Waals surface area contributed by atoms with Crippen molar-refractivity contribution in [1.29, 1.82) is 0 Å². The third-order valence-electron chi connectivity index (χ3n) is 1.23. The molecule has 11 heavy (non-hydrogen) atoms. The van der Waals surface area contributed by atoms with Crippen LogP contribution in [0.4, 0.5) is 0 Å². The number of aliphatic hydroxyl groups excluding tert-OH is 1. The van der Waals surface area contributed by atoms with Gasteiger partial charge in [-0.3, -0.25) is 0 Å². The van der Waals surface area contributed by atoms with E-state index in [9.17, 15) is 5.11 Å². The van der Waals surface area contributed by atoms with Gasteiger partial charge in [-0.2, -0.15) is 0 Å². The van der Waals surface area contributed by atoms with Crippen LogP contribution < -0.4 is 0 Å². The van der Waals surface area contributed by atoms with Crippen LogP contribution in [0.2, 0.25) is 0 Å². The number of rotatable bonds is 2. The number of thiazole rings is 1. The molecule has 64 valence electrons. The van der Waals surface area contributed by atoms with Gasteiger partial charge in [0, 0.05) is 0 Å². The van der Waals surface area contributed by atoms with Gasteiger partial charge in [0.1, 0.15) is 6.10 Å². The summed E-state index contributed by atoms with van der Waals surface area (Å²) < 4.78 is 0. The monoisotopic (exact) mass is 213 g/mol. The second-order valence-corrected chi connectivity index (χ2v) is 3.17. The topological polar surface area (TPSA) is 33.1 Å². The molecule has 2 nitrogen and oxygen atoms in total. The first-order valence-corrected chi connectivity index (χ1v) is 4.31. The molecule has 5 heteroatoms. The minimum Gasteiger partial charge on any atom is -0.386 e. The Hall–Kier alpha value is 0.170.